The fourth-order valence-corrected chi connectivity index (χ4v) is 3.48. The molecule has 1 aliphatic rings. The first-order valence-electron chi connectivity index (χ1n) is 7.96. The van der Waals surface area contributed by atoms with Gasteiger partial charge >= 0.3 is 0 Å². The fraction of sp³-hybridized carbons (Fsp3) is 0.333. The molecule has 0 radical (unpaired) electrons. The van der Waals surface area contributed by atoms with E-state index in [2.05, 4.69) is 10.6 Å². The lowest BCUT2D eigenvalue weighted by atomic mass is 10.1. The van der Waals surface area contributed by atoms with Crippen molar-refractivity contribution in [2.75, 3.05) is 5.32 Å². The molecule has 2 N–H and O–H groups in total. The summed E-state index contributed by atoms with van der Waals surface area (Å²) in [4.78, 5) is 24.9. The van der Waals surface area contributed by atoms with E-state index in [1.54, 1.807) is 0 Å². The van der Waals surface area contributed by atoms with Crippen LogP contribution in [0.5, 0.6) is 5.75 Å². The Morgan fingerprint density at radius 1 is 1.42 bits per heavy atom. The number of anilines is 1. The number of aryl methyl sites for hydroxylation is 1. The summed E-state index contributed by atoms with van der Waals surface area (Å²) in [6.07, 6.45) is 0.144. The van der Waals surface area contributed by atoms with Crippen molar-refractivity contribution in [2.45, 2.75) is 39.3 Å². The van der Waals surface area contributed by atoms with Crippen LogP contribution in [-0.2, 0) is 4.79 Å². The van der Waals surface area contributed by atoms with Gasteiger partial charge in [-0.2, -0.15) is 0 Å². The molecule has 2 atom stereocenters. The molecule has 0 spiro atoms. The van der Waals surface area contributed by atoms with E-state index in [9.17, 15) is 9.59 Å². The second kappa shape index (κ2) is 6.65. The first kappa shape index (κ1) is 16.5. The lowest BCUT2D eigenvalue weighted by molar-refractivity contribution is -0.123. The number of amides is 2. The molecule has 2 amide bonds. The first-order chi connectivity index (χ1) is 11.5. The van der Waals surface area contributed by atoms with Crippen molar-refractivity contribution >= 4 is 28.8 Å². The van der Waals surface area contributed by atoms with Gasteiger partial charge in [-0.15, -0.1) is 11.3 Å². The van der Waals surface area contributed by atoms with E-state index in [1.807, 2.05) is 50.4 Å². The maximum atomic E-state index is 12.4. The predicted molar refractivity (Wildman–Crippen MR) is 94.7 cm³/mol. The molecule has 5 nitrogen and oxygen atoms in total. The van der Waals surface area contributed by atoms with Gasteiger partial charge in [-0.25, -0.2) is 0 Å². The second-order valence-corrected chi connectivity index (χ2v) is 6.80. The van der Waals surface area contributed by atoms with Gasteiger partial charge in [0, 0.05) is 0 Å². The number of nitrogens with one attached hydrogen (secondary N) is 2. The van der Waals surface area contributed by atoms with Gasteiger partial charge in [0.1, 0.15) is 5.75 Å². The quantitative estimate of drug-likeness (QED) is 0.889. The highest BCUT2D eigenvalue weighted by Gasteiger charge is 2.26. The van der Waals surface area contributed by atoms with Crippen LogP contribution in [0.15, 0.2) is 29.6 Å². The number of fused-ring (bicyclic) bond motifs is 1. The van der Waals surface area contributed by atoms with E-state index >= 15 is 0 Å². The largest absolute Gasteiger partial charge is 0.478 e. The van der Waals surface area contributed by atoms with Gasteiger partial charge in [0.25, 0.3) is 11.8 Å². The average Bonchev–Trinajstić information content (AvgIpc) is 2.99. The van der Waals surface area contributed by atoms with Crippen LogP contribution in [-0.4, -0.2) is 17.9 Å². The number of carbonyl (C=O) groups excluding carboxylic acids is 2. The molecule has 1 aliphatic heterocycles. The van der Waals surface area contributed by atoms with Crippen LogP contribution < -0.4 is 15.4 Å². The Morgan fingerprint density at radius 3 is 2.88 bits per heavy atom. The molecule has 2 aromatic rings. The van der Waals surface area contributed by atoms with Crippen molar-refractivity contribution in [2.24, 2.45) is 0 Å². The first-order valence-corrected chi connectivity index (χ1v) is 8.84. The zero-order valence-corrected chi connectivity index (χ0v) is 14.7. The molecule has 2 heterocycles. The fourth-order valence-electron chi connectivity index (χ4n) is 2.65. The summed E-state index contributed by atoms with van der Waals surface area (Å²) in [6, 6.07) is 7.36. The van der Waals surface area contributed by atoms with Crippen LogP contribution in [0, 0.1) is 6.92 Å². The molecule has 0 unspecified atom stereocenters. The van der Waals surface area contributed by atoms with E-state index < -0.39 is 6.10 Å². The number of carbonyl (C=O) groups is 2. The van der Waals surface area contributed by atoms with Gasteiger partial charge in [-0.1, -0.05) is 13.0 Å². The van der Waals surface area contributed by atoms with Crippen LogP contribution in [0.1, 0.15) is 47.1 Å². The third-order valence-corrected chi connectivity index (χ3v) is 5.13. The van der Waals surface area contributed by atoms with Gasteiger partial charge in [-0.3, -0.25) is 9.59 Å². The van der Waals surface area contributed by atoms with E-state index in [4.69, 9.17) is 4.74 Å². The lowest BCUT2D eigenvalue weighted by Crippen LogP contribution is -2.36. The summed E-state index contributed by atoms with van der Waals surface area (Å²) in [5.41, 5.74) is 2.58. The number of hydrogen-bond acceptors (Lipinski definition) is 4. The van der Waals surface area contributed by atoms with E-state index in [1.165, 1.54) is 11.3 Å². The number of thiophene rings is 1. The van der Waals surface area contributed by atoms with Gasteiger partial charge in [-0.05, 0) is 55.0 Å². The number of ether oxygens (including phenoxy) is 1. The number of rotatable bonds is 4. The average molecular weight is 344 g/mol. The van der Waals surface area contributed by atoms with Gasteiger partial charge < -0.3 is 15.4 Å². The molecule has 1 aromatic carbocycles. The molecule has 24 heavy (non-hydrogen) atoms. The van der Waals surface area contributed by atoms with Gasteiger partial charge in [0.05, 0.1) is 16.6 Å². The molecular weight excluding hydrogens is 324 g/mol. The molecule has 6 heteroatoms. The smallest absolute Gasteiger partial charge is 0.265 e. The topological polar surface area (TPSA) is 67.4 Å². The summed E-state index contributed by atoms with van der Waals surface area (Å²) in [7, 11) is 0. The maximum Gasteiger partial charge on any atom is 0.265 e. The highest BCUT2D eigenvalue weighted by Crippen LogP contribution is 2.33. The molecule has 0 aliphatic carbocycles. The Balaban J connectivity index is 1.77. The second-order valence-electron chi connectivity index (χ2n) is 5.89. The zero-order chi connectivity index (χ0) is 17.3. The molecule has 0 saturated carbocycles. The highest BCUT2D eigenvalue weighted by molar-refractivity contribution is 7.12. The zero-order valence-electron chi connectivity index (χ0n) is 13.9. The van der Waals surface area contributed by atoms with Crippen molar-refractivity contribution in [3.05, 3.63) is 45.6 Å². The summed E-state index contributed by atoms with van der Waals surface area (Å²) in [5, 5.41) is 7.77. The molecule has 0 bridgehead atoms. The Bertz CT molecular complexity index is 784. The van der Waals surface area contributed by atoms with Crippen molar-refractivity contribution < 1.29 is 14.3 Å². The van der Waals surface area contributed by atoms with Crippen molar-refractivity contribution in [1.29, 1.82) is 0 Å². The van der Waals surface area contributed by atoms with E-state index in [0.29, 0.717) is 17.9 Å². The Labute approximate surface area is 145 Å². The number of hydrogen-bond donors (Lipinski definition) is 2. The SMILES string of the molecule is CC[C@@H]1Oc2cc([C@@H](C)NC(=O)c3sccc3C)ccc2NC1=O. The Hall–Kier alpha value is -2.34. The van der Waals surface area contributed by atoms with E-state index in [-0.39, 0.29) is 17.9 Å². The third kappa shape index (κ3) is 3.14. The Kier molecular flexibility index (Phi) is 4.57. The third-order valence-electron chi connectivity index (χ3n) is 4.11. The van der Waals surface area contributed by atoms with Gasteiger partial charge in [0.2, 0.25) is 0 Å². The van der Waals surface area contributed by atoms with Crippen molar-refractivity contribution in [3.8, 4) is 5.75 Å². The monoisotopic (exact) mass is 344 g/mol. The molecular formula is C18H20N2O3S. The molecule has 0 saturated heterocycles. The standard InChI is InChI=1S/C18H20N2O3S/c1-4-14-17(21)20-13-6-5-12(9-15(13)23-14)11(3)19-18(22)16-10(2)7-8-24-16/h5-9,11,14H,4H2,1-3H3,(H,19,22)(H,20,21)/t11-,14+/m1/s1. The minimum absolute atomic E-state index is 0.0756. The van der Waals surface area contributed by atoms with Crippen LogP contribution in [0.25, 0.3) is 0 Å². The van der Waals surface area contributed by atoms with Crippen molar-refractivity contribution in [1.82, 2.24) is 5.32 Å². The maximum absolute atomic E-state index is 12.4. The molecule has 126 valence electrons. The molecule has 0 fully saturated rings. The predicted octanol–water partition coefficient (Wildman–Crippen LogP) is 3.66. The van der Waals surface area contributed by atoms with Crippen LogP contribution in [0.4, 0.5) is 5.69 Å². The van der Waals surface area contributed by atoms with Crippen LogP contribution in [0.2, 0.25) is 0 Å². The van der Waals surface area contributed by atoms with Crippen LogP contribution >= 0.6 is 11.3 Å². The van der Waals surface area contributed by atoms with Gasteiger partial charge in [0.15, 0.2) is 6.10 Å². The normalized spacial score (nSPS) is 17.5. The number of benzene rings is 1. The molecule has 1 aromatic heterocycles. The summed E-state index contributed by atoms with van der Waals surface area (Å²) >= 11 is 1.44. The minimum atomic E-state index is -0.466. The highest BCUT2D eigenvalue weighted by atomic mass is 32.1. The summed E-state index contributed by atoms with van der Waals surface area (Å²) < 4.78 is 5.76. The molecule has 3 rings (SSSR count). The lowest BCUT2D eigenvalue weighted by Gasteiger charge is -2.26. The van der Waals surface area contributed by atoms with Crippen molar-refractivity contribution in [3.63, 3.8) is 0 Å². The summed E-state index contributed by atoms with van der Waals surface area (Å²) in [6.45, 7) is 5.77. The minimum Gasteiger partial charge on any atom is -0.478 e. The Morgan fingerprint density at radius 2 is 2.21 bits per heavy atom. The summed E-state index contributed by atoms with van der Waals surface area (Å²) in [5.74, 6) is 0.452. The van der Waals surface area contributed by atoms with E-state index in [0.717, 1.165) is 16.0 Å². The van der Waals surface area contributed by atoms with Crippen LogP contribution in [0.3, 0.4) is 0 Å².